The first-order valence-corrected chi connectivity index (χ1v) is 8.96. The van der Waals surface area contributed by atoms with E-state index in [1.54, 1.807) is 16.6 Å². The maximum atomic E-state index is 13.0. The summed E-state index contributed by atoms with van der Waals surface area (Å²) in [5, 5.41) is 18.1. The Labute approximate surface area is 153 Å². The summed E-state index contributed by atoms with van der Waals surface area (Å²) >= 11 is 0. The standard InChI is InChI=1S/C18H28N4O4/c1-13(12-23)9-15(10-17(24)20-26)18(25)22-8-7-21(11-14(22)2)16-5-3-4-6-19-16/h3-6,13-15,23,26H,7-12H2,1-2H3,(H,20,24)/t13?,14-,15?/m1/s1. The number of hydrogen-bond acceptors (Lipinski definition) is 6. The number of rotatable bonds is 7. The zero-order valence-corrected chi connectivity index (χ0v) is 15.3. The van der Waals surface area contributed by atoms with Crippen LogP contribution in [0.1, 0.15) is 26.7 Å². The topological polar surface area (TPSA) is 106 Å². The molecule has 1 saturated heterocycles. The molecule has 0 aliphatic carbocycles. The molecule has 2 unspecified atom stereocenters. The number of carbonyl (C=O) groups is 2. The van der Waals surface area contributed by atoms with Gasteiger partial charge in [-0.2, -0.15) is 0 Å². The summed E-state index contributed by atoms with van der Waals surface area (Å²) in [6.45, 7) is 5.64. The lowest BCUT2D eigenvalue weighted by atomic mass is 9.91. The minimum Gasteiger partial charge on any atom is -0.396 e. The third-order valence-corrected chi connectivity index (χ3v) is 4.79. The van der Waals surface area contributed by atoms with Gasteiger partial charge < -0.3 is 14.9 Å². The monoisotopic (exact) mass is 364 g/mol. The highest BCUT2D eigenvalue weighted by Gasteiger charge is 2.33. The van der Waals surface area contributed by atoms with Crippen LogP contribution < -0.4 is 10.4 Å². The molecule has 8 nitrogen and oxygen atoms in total. The van der Waals surface area contributed by atoms with Crippen molar-refractivity contribution in [1.29, 1.82) is 0 Å². The van der Waals surface area contributed by atoms with E-state index in [9.17, 15) is 14.7 Å². The predicted molar refractivity (Wildman–Crippen MR) is 96.5 cm³/mol. The van der Waals surface area contributed by atoms with E-state index in [-0.39, 0.29) is 30.9 Å². The van der Waals surface area contributed by atoms with Gasteiger partial charge in [0.15, 0.2) is 0 Å². The third-order valence-electron chi connectivity index (χ3n) is 4.79. The van der Waals surface area contributed by atoms with Crippen molar-refractivity contribution in [2.75, 3.05) is 31.1 Å². The molecular formula is C18H28N4O4. The molecule has 2 amide bonds. The molecule has 0 saturated carbocycles. The van der Waals surface area contributed by atoms with Gasteiger partial charge in [-0.25, -0.2) is 10.5 Å². The van der Waals surface area contributed by atoms with Crippen LogP contribution in [-0.4, -0.2) is 64.3 Å². The SMILES string of the molecule is CC(CO)CC(CC(=O)NO)C(=O)N1CCN(c2ccccn2)C[C@H]1C. The molecule has 1 aromatic heterocycles. The summed E-state index contributed by atoms with van der Waals surface area (Å²) in [5.41, 5.74) is 1.60. The number of aromatic nitrogens is 1. The number of nitrogens with one attached hydrogen (secondary N) is 1. The largest absolute Gasteiger partial charge is 0.396 e. The summed E-state index contributed by atoms with van der Waals surface area (Å²) in [6, 6.07) is 5.72. The van der Waals surface area contributed by atoms with Gasteiger partial charge in [-0.1, -0.05) is 13.0 Å². The van der Waals surface area contributed by atoms with E-state index in [2.05, 4.69) is 9.88 Å². The zero-order chi connectivity index (χ0) is 19.1. The lowest BCUT2D eigenvalue weighted by molar-refractivity contribution is -0.143. The van der Waals surface area contributed by atoms with E-state index in [0.29, 0.717) is 26.1 Å². The summed E-state index contributed by atoms with van der Waals surface area (Å²) in [4.78, 5) is 32.9. The summed E-state index contributed by atoms with van der Waals surface area (Å²) in [7, 11) is 0. The lowest BCUT2D eigenvalue weighted by Gasteiger charge is -2.42. The number of amides is 2. The van der Waals surface area contributed by atoms with Gasteiger partial charge in [0.05, 0.1) is 0 Å². The van der Waals surface area contributed by atoms with E-state index < -0.39 is 11.8 Å². The van der Waals surface area contributed by atoms with Crippen LogP contribution in [0, 0.1) is 11.8 Å². The molecule has 8 heteroatoms. The Morgan fingerprint density at radius 1 is 1.38 bits per heavy atom. The second kappa shape index (κ2) is 9.49. The minimum absolute atomic E-state index is 0.0256. The van der Waals surface area contributed by atoms with Crippen molar-refractivity contribution in [3.63, 3.8) is 0 Å². The predicted octanol–water partition coefficient (Wildman–Crippen LogP) is 0.649. The summed E-state index contributed by atoms with van der Waals surface area (Å²) < 4.78 is 0. The number of nitrogens with zero attached hydrogens (tertiary/aromatic N) is 3. The quantitative estimate of drug-likeness (QED) is 0.485. The first-order valence-electron chi connectivity index (χ1n) is 8.96. The number of pyridine rings is 1. The number of aliphatic hydroxyl groups is 1. The van der Waals surface area contributed by atoms with Gasteiger partial charge in [0, 0.05) is 50.8 Å². The van der Waals surface area contributed by atoms with Crippen molar-refractivity contribution in [3.05, 3.63) is 24.4 Å². The average Bonchev–Trinajstić information content (AvgIpc) is 2.67. The second-order valence-corrected chi connectivity index (χ2v) is 6.97. The Morgan fingerprint density at radius 2 is 2.15 bits per heavy atom. The molecule has 0 spiro atoms. The van der Waals surface area contributed by atoms with E-state index in [4.69, 9.17) is 5.21 Å². The molecule has 1 aliphatic heterocycles. The van der Waals surface area contributed by atoms with E-state index in [0.717, 1.165) is 5.82 Å². The Balaban J connectivity index is 2.04. The molecule has 0 radical (unpaired) electrons. The maximum absolute atomic E-state index is 13.0. The zero-order valence-electron chi connectivity index (χ0n) is 15.3. The number of hydroxylamine groups is 1. The number of hydrogen-bond donors (Lipinski definition) is 3. The molecule has 3 atom stereocenters. The second-order valence-electron chi connectivity index (χ2n) is 6.97. The highest BCUT2D eigenvalue weighted by atomic mass is 16.5. The fourth-order valence-electron chi connectivity index (χ4n) is 3.37. The number of carbonyl (C=O) groups excluding carboxylic acids is 2. The van der Waals surface area contributed by atoms with Crippen LogP contribution in [0.25, 0.3) is 0 Å². The Morgan fingerprint density at radius 3 is 2.73 bits per heavy atom. The molecule has 3 N–H and O–H groups in total. The van der Waals surface area contributed by atoms with Crippen molar-refractivity contribution in [3.8, 4) is 0 Å². The number of piperazine rings is 1. The van der Waals surface area contributed by atoms with Crippen LogP contribution >= 0.6 is 0 Å². The van der Waals surface area contributed by atoms with Crippen LogP contribution in [0.4, 0.5) is 5.82 Å². The highest BCUT2D eigenvalue weighted by Crippen LogP contribution is 2.23. The van der Waals surface area contributed by atoms with Crippen LogP contribution in [0.3, 0.4) is 0 Å². The number of aliphatic hydroxyl groups excluding tert-OH is 1. The Bertz CT molecular complexity index is 598. The average molecular weight is 364 g/mol. The van der Waals surface area contributed by atoms with Crippen LogP contribution in [-0.2, 0) is 9.59 Å². The van der Waals surface area contributed by atoms with Gasteiger partial charge in [0.2, 0.25) is 11.8 Å². The third kappa shape index (κ3) is 5.15. The normalized spacial score (nSPS) is 19.8. The number of anilines is 1. The molecule has 1 fully saturated rings. The molecule has 2 heterocycles. The van der Waals surface area contributed by atoms with Crippen LogP contribution in [0.5, 0.6) is 0 Å². The highest BCUT2D eigenvalue weighted by molar-refractivity contribution is 5.85. The van der Waals surface area contributed by atoms with Gasteiger partial charge in [0.1, 0.15) is 5.82 Å². The fraction of sp³-hybridized carbons (Fsp3) is 0.611. The van der Waals surface area contributed by atoms with Crippen molar-refractivity contribution in [2.24, 2.45) is 11.8 Å². The molecule has 2 rings (SSSR count). The molecular weight excluding hydrogens is 336 g/mol. The van der Waals surface area contributed by atoms with Gasteiger partial charge in [-0.15, -0.1) is 0 Å². The lowest BCUT2D eigenvalue weighted by Crippen LogP contribution is -2.56. The summed E-state index contributed by atoms with van der Waals surface area (Å²) in [5.74, 6) is -0.472. The van der Waals surface area contributed by atoms with Crippen molar-refractivity contribution in [2.45, 2.75) is 32.7 Å². The van der Waals surface area contributed by atoms with Gasteiger partial charge in [-0.3, -0.25) is 14.8 Å². The van der Waals surface area contributed by atoms with Gasteiger partial charge >= 0.3 is 0 Å². The van der Waals surface area contributed by atoms with Crippen LogP contribution in [0.15, 0.2) is 24.4 Å². The first-order chi connectivity index (χ1) is 12.5. The van der Waals surface area contributed by atoms with Gasteiger partial charge in [-0.05, 0) is 31.4 Å². The maximum Gasteiger partial charge on any atom is 0.244 e. The molecule has 1 aliphatic rings. The van der Waals surface area contributed by atoms with E-state index in [1.165, 1.54) is 0 Å². The van der Waals surface area contributed by atoms with Crippen molar-refractivity contribution in [1.82, 2.24) is 15.4 Å². The van der Waals surface area contributed by atoms with E-state index in [1.807, 2.05) is 32.0 Å². The fourth-order valence-corrected chi connectivity index (χ4v) is 3.37. The molecule has 26 heavy (non-hydrogen) atoms. The molecule has 0 bridgehead atoms. The Hall–Kier alpha value is -2.19. The molecule has 0 aromatic carbocycles. The Kier molecular flexibility index (Phi) is 7.35. The molecule has 1 aromatic rings. The molecule has 144 valence electrons. The van der Waals surface area contributed by atoms with Crippen molar-refractivity contribution < 1.29 is 19.9 Å². The van der Waals surface area contributed by atoms with E-state index >= 15 is 0 Å². The minimum atomic E-state index is -0.590. The van der Waals surface area contributed by atoms with Crippen molar-refractivity contribution >= 4 is 17.6 Å². The summed E-state index contributed by atoms with van der Waals surface area (Å²) in [6.07, 6.45) is 2.06. The van der Waals surface area contributed by atoms with Crippen LogP contribution in [0.2, 0.25) is 0 Å². The first kappa shape index (κ1) is 20.1. The smallest absolute Gasteiger partial charge is 0.244 e. The van der Waals surface area contributed by atoms with Gasteiger partial charge in [0.25, 0.3) is 0 Å².